The Morgan fingerprint density at radius 1 is 0.913 bits per heavy atom. The maximum atomic E-state index is 12.3. The molecule has 0 spiro atoms. The number of rotatable bonds is 8. The van der Waals surface area contributed by atoms with Gasteiger partial charge in [-0.1, -0.05) is 50.2 Å². The SMILES string of the molecule is CCN(CC)CCC(=O)c1ccc(-c2ccc(OC)cc2)cc1. The number of methoxy groups -OCH3 is 1. The van der Waals surface area contributed by atoms with Gasteiger partial charge in [0.25, 0.3) is 0 Å². The molecule has 0 saturated carbocycles. The van der Waals surface area contributed by atoms with Crippen LogP contribution in [0.3, 0.4) is 0 Å². The maximum absolute atomic E-state index is 12.3. The predicted molar refractivity (Wildman–Crippen MR) is 95.2 cm³/mol. The molecular formula is C20H25NO2. The van der Waals surface area contributed by atoms with E-state index in [1.54, 1.807) is 7.11 Å². The fraction of sp³-hybridized carbons (Fsp3) is 0.350. The lowest BCUT2D eigenvalue weighted by Crippen LogP contribution is -2.25. The quantitative estimate of drug-likeness (QED) is 0.682. The molecule has 0 aromatic heterocycles. The molecule has 0 N–H and O–H groups in total. The first kappa shape index (κ1) is 17.2. The van der Waals surface area contributed by atoms with E-state index in [0.29, 0.717) is 6.42 Å². The van der Waals surface area contributed by atoms with E-state index in [-0.39, 0.29) is 5.78 Å². The fourth-order valence-electron chi connectivity index (χ4n) is 2.58. The molecule has 0 aliphatic heterocycles. The van der Waals surface area contributed by atoms with E-state index in [9.17, 15) is 4.79 Å². The van der Waals surface area contributed by atoms with Gasteiger partial charge in [0.2, 0.25) is 0 Å². The number of hydrogen-bond donors (Lipinski definition) is 0. The van der Waals surface area contributed by atoms with E-state index in [4.69, 9.17) is 4.74 Å². The van der Waals surface area contributed by atoms with Crippen molar-refractivity contribution < 1.29 is 9.53 Å². The molecule has 0 aliphatic carbocycles. The Kier molecular flexibility index (Phi) is 6.36. The third kappa shape index (κ3) is 4.67. The van der Waals surface area contributed by atoms with Gasteiger partial charge in [-0.2, -0.15) is 0 Å². The number of Topliss-reactive ketones (excluding diaryl/α,β-unsaturated/α-hetero) is 1. The second-order valence-electron chi connectivity index (χ2n) is 5.51. The van der Waals surface area contributed by atoms with Crippen LogP contribution in [-0.4, -0.2) is 37.4 Å². The van der Waals surface area contributed by atoms with Crippen LogP contribution in [0.2, 0.25) is 0 Å². The molecule has 3 nitrogen and oxygen atoms in total. The summed E-state index contributed by atoms with van der Waals surface area (Å²) in [5.41, 5.74) is 3.01. The van der Waals surface area contributed by atoms with Crippen molar-refractivity contribution in [1.82, 2.24) is 4.90 Å². The highest BCUT2D eigenvalue weighted by molar-refractivity contribution is 5.96. The third-order valence-corrected chi connectivity index (χ3v) is 4.18. The van der Waals surface area contributed by atoms with E-state index in [1.807, 2.05) is 48.5 Å². The van der Waals surface area contributed by atoms with Gasteiger partial charge in [-0.3, -0.25) is 4.79 Å². The van der Waals surface area contributed by atoms with Crippen LogP contribution >= 0.6 is 0 Å². The van der Waals surface area contributed by atoms with Gasteiger partial charge in [0.15, 0.2) is 5.78 Å². The average Bonchev–Trinajstić information content (AvgIpc) is 2.62. The minimum Gasteiger partial charge on any atom is -0.497 e. The third-order valence-electron chi connectivity index (χ3n) is 4.18. The van der Waals surface area contributed by atoms with Crippen molar-refractivity contribution >= 4 is 5.78 Å². The summed E-state index contributed by atoms with van der Waals surface area (Å²) < 4.78 is 5.17. The Hall–Kier alpha value is -2.13. The standard InChI is InChI=1S/C20H25NO2/c1-4-21(5-2)15-14-20(22)18-8-6-16(7-9-18)17-10-12-19(23-3)13-11-17/h6-13H,4-5,14-15H2,1-3H3. The molecule has 0 unspecified atom stereocenters. The van der Waals surface area contributed by atoms with Gasteiger partial charge in [-0.05, 0) is 36.3 Å². The second kappa shape index (κ2) is 8.49. The molecule has 0 heterocycles. The van der Waals surface area contributed by atoms with Crippen molar-refractivity contribution in [1.29, 1.82) is 0 Å². The highest BCUT2D eigenvalue weighted by atomic mass is 16.5. The molecule has 0 radical (unpaired) electrons. The second-order valence-corrected chi connectivity index (χ2v) is 5.51. The van der Waals surface area contributed by atoms with Crippen LogP contribution in [0.25, 0.3) is 11.1 Å². The molecular weight excluding hydrogens is 286 g/mol. The summed E-state index contributed by atoms with van der Waals surface area (Å²) in [7, 11) is 1.66. The summed E-state index contributed by atoms with van der Waals surface area (Å²) in [6.45, 7) is 7.04. The number of carbonyl (C=O) groups is 1. The highest BCUT2D eigenvalue weighted by Gasteiger charge is 2.08. The normalized spacial score (nSPS) is 10.8. The van der Waals surface area contributed by atoms with Crippen molar-refractivity contribution in [2.75, 3.05) is 26.7 Å². The van der Waals surface area contributed by atoms with Crippen LogP contribution < -0.4 is 4.74 Å². The van der Waals surface area contributed by atoms with Crippen molar-refractivity contribution in [2.45, 2.75) is 20.3 Å². The Morgan fingerprint density at radius 3 is 1.91 bits per heavy atom. The molecule has 0 amide bonds. The minimum absolute atomic E-state index is 0.207. The van der Waals surface area contributed by atoms with E-state index < -0.39 is 0 Å². The zero-order valence-electron chi connectivity index (χ0n) is 14.2. The summed E-state index contributed by atoms with van der Waals surface area (Å²) >= 11 is 0. The van der Waals surface area contributed by atoms with Crippen molar-refractivity contribution in [3.63, 3.8) is 0 Å². The Bertz CT molecular complexity index is 613. The fourth-order valence-corrected chi connectivity index (χ4v) is 2.58. The lowest BCUT2D eigenvalue weighted by molar-refractivity contribution is 0.0966. The summed E-state index contributed by atoms with van der Waals surface area (Å²) in [5.74, 6) is 1.05. The van der Waals surface area contributed by atoms with Gasteiger partial charge >= 0.3 is 0 Å². The molecule has 0 bridgehead atoms. The van der Waals surface area contributed by atoms with Crippen LogP contribution in [0.15, 0.2) is 48.5 Å². The van der Waals surface area contributed by atoms with Gasteiger partial charge in [-0.25, -0.2) is 0 Å². The number of benzene rings is 2. The Labute approximate surface area is 138 Å². The number of ketones is 1. The molecule has 0 aliphatic rings. The Morgan fingerprint density at radius 2 is 1.43 bits per heavy atom. The summed E-state index contributed by atoms with van der Waals surface area (Å²) in [6.07, 6.45) is 0.573. The molecule has 122 valence electrons. The zero-order chi connectivity index (χ0) is 16.7. The largest absolute Gasteiger partial charge is 0.497 e. The van der Waals surface area contributed by atoms with Crippen LogP contribution in [0.5, 0.6) is 5.75 Å². The zero-order valence-corrected chi connectivity index (χ0v) is 14.2. The van der Waals surface area contributed by atoms with E-state index >= 15 is 0 Å². The topological polar surface area (TPSA) is 29.5 Å². The van der Waals surface area contributed by atoms with Crippen LogP contribution in [0.1, 0.15) is 30.6 Å². The number of hydrogen-bond acceptors (Lipinski definition) is 3. The lowest BCUT2D eigenvalue weighted by atomic mass is 10.0. The molecule has 0 saturated heterocycles. The number of nitrogens with zero attached hydrogens (tertiary/aromatic N) is 1. The van der Waals surface area contributed by atoms with Gasteiger partial charge < -0.3 is 9.64 Å². The molecule has 3 heteroatoms. The lowest BCUT2D eigenvalue weighted by Gasteiger charge is -2.17. The van der Waals surface area contributed by atoms with Crippen LogP contribution in [-0.2, 0) is 0 Å². The monoisotopic (exact) mass is 311 g/mol. The molecule has 0 fully saturated rings. The molecule has 0 atom stereocenters. The van der Waals surface area contributed by atoms with E-state index in [2.05, 4.69) is 18.7 Å². The molecule has 23 heavy (non-hydrogen) atoms. The maximum Gasteiger partial charge on any atom is 0.164 e. The van der Waals surface area contributed by atoms with Crippen molar-refractivity contribution in [3.05, 3.63) is 54.1 Å². The average molecular weight is 311 g/mol. The van der Waals surface area contributed by atoms with Crippen LogP contribution in [0, 0.1) is 0 Å². The number of ether oxygens (including phenoxy) is 1. The minimum atomic E-state index is 0.207. The first-order chi connectivity index (χ1) is 11.2. The van der Waals surface area contributed by atoms with Crippen LogP contribution in [0.4, 0.5) is 0 Å². The first-order valence-corrected chi connectivity index (χ1v) is 8.18. The van der Waals surface area contributed by atoms with Gasteiger partial charge in [0, 0.05) is 18.5 Å². The molecule has 2 aromatic rings. The molecule has 2 rings (SSSR count). The first-order valence-electron chi connectivity index (χ1n) is 8.18. The van der Waals surface area contributed by atoms with Crippen molar-refractivity contribution in [3.8, 4) is 16.9 Å². The highest BCUT2D eigenvalue weighted by Crippen LogP contribution is 2.23. The predicted octanol–water partition coefficient (Wildman–Crippen LogP) is 4.28. The number of carbonyl (C=O) groups excluding carboxylic acids is 1. The smallest absolute Gasteiger partial charge is 0.164 e. The molecule has 2 aromatic carbocycles. The van der Waals surface area contributed by atoms with Crippen molar-refractivity contribution in [2.24, 2.45) is 0 Å². The van der Waals surface area contributed by atoms with Gasteiger partial charge in [0.1, 0.15) is 5.75 Å². The Balaban J connectivity index is 2.02. The summed E-state index contributed by atoms with van der Waals surface area (Å²) in [5, 5.41) is 0. The van der Waals surface area contributed by atoms with E-state index in [1.165, 1.54) is 0 Å². The van der Waals surface area contributed by atoms with Gasteiger partial charge in [-0.15, -0.1) is 0 Å². The summed E-state index contributed by atoms with van der Waals surface area (Å²) in [4.78, 5) is 14.5. The summed E-state index contributed by atoms with van der Waals surface area (Å²) in [6, 6.07) is 15.8. The van der Waals surface area contributed by atoms with E-state index in [0.717, 1.165) is 42.1 Å². The van der Waals surface area contributed by atoms with Gasteiger partial charge in [0.05, 0.1) is 7.11 Å².